The van der Waals surface area contributed by atoms with Gasteiger partial charge < -0.3 is 20.1 Å². The molecule has 7 nitrogen and oxygen atoms in total. The molecule has 2 N–H and O–H groups in total. The Balaban J connectivity index is 1.42. The van der Waals surface area contributed by atoms with E-state index in [2.05, 4.69) is 25.5 Å². The van der Waals surface area contributed by atoms with Crippen LogP contribution in [-0.2, 0) is 0 Å². The Morgan fingerprint density at radius 2 is 2.07 bits per heavy atom. The van der Waals surface area contributed by atoms with E-state index in [0.29, 0.717) is 40.7 Å². The second-order valence-corrected chi connectivity index (χ2v) is 7.70. The molecule has 1 saturated heterocycles. The van der Waals surface area contributed by atoms with Crippen molar-refractivity contribution in [1.82, 2.24) is 20.2 Å². The van der Waals surface area contributed by atoms with Gasteiger partial charge in [-0.25, -0.2) is 14.4 Å². The van der Waals surface area contributed by atoms with Crippen LogP contribution in [0.1, 0.15) is 5.56 Å². The maximum atomic E-state index is 14.5. The van der Waals surface area contributed by atoms with E-state index in [1.165, 1.54) is 6.33 Å². The molecule has 3 heterocycles. The number of nitrogens with zero attached hydrogens (tertiary/aromatic N) is 3. The Bertz CT molecular complexity index is 1070. The first-order valence-corrected chi connectivity index (χ1v) is 10.2. The standard InChI is InChI=1S/C22H24FN5O2/c1-14-3-2-4-17(21(14)23)27-22-16-9-20-19(10-18(16)25-13-26-22)29-12-15(30-20)11-28-7-5-24-6-8-28/h2-4,9-10,13,15,24H,5-8,11-12H2,1H3,(H,25,26,27)/t15-/m0/s1. The van der Waals surface area contributed by atoms with Gasteiger partial charge in [-0.3, -0.25) is 4.90 Å². The lowest BCUT2D eigenvalue weighted by atomic mass is 10.1. The van der Waals surface area contributed by atoms with E-state index in [0.717, 1.165) is 38.1 Å². The topological polar surface area (TPSA) is 71.5 Å². The first-order chi connectivity index (χ1) is 14.7. The zero-order valence-electron chi connectivity index (χ0n) is 16.8. The fraction of sp³-hybridized carbons (Fsp3) is 0.364. The summed E-state index contributed by atoms with van der Waals surface area (Å²) < 4.78 is 26.7. The average molecular weight is 409 g/mol. The molecule has 2 aliphatic rings. The number of piperazine rings is 1. The van der Waals surface area contributed by atoms with E-state index >= 15 is 0 Å². The lowest BCUT2D eigenvalue weighted by Crippen LogP contribution is -2.49. The minimum absolute atomic E-state index is 0.0386. The molecule has 0 radical (unpaired) electrons. The predicted molar refractivity (Wildman–Crippen MR) is 113 cm³/mol. The monoisotopic (exact) mass is 409 g/mol. The van der Waals surface area contributed by atoms with Crippen LogP contribution in [0.25, 0.3) is 10.9 Å². The first kappa shape index (κ1) is 19.0. The van der Waals surface area contributed by atoms with Crippen molar-refractivity contribution in [3.8, 4) is 11.5 Å². The van der Waals surface area contributed by atoms with Gasteiger partial charge in [-0.2, -0.15) is 0 Å². The molecule has 3 aromatic rings. The number of nitrogens with one attached hydrogen (secondary N) is 2. The lowest BCUT2D eigenvalue weighted by Gasteiger charge is -2.33. The van der Waals surface area contributed by atoms with Gasteiger partial charge in [0.05, 0.1) is 11.2 Å². The number of ether oxygens (including phenoxy) is 2. The van der Waals surface area contributed by atoms with E-state index in [4.69, 9.17) is 9.47 Å². The van der Waals surface area contributed by atoms with Gasteiger partial charge >= 0.3 is 0 Å². The second kappa shape index (κ2) is 8.04. The molecule has 1 aromatic heterocycles. The Labute approximate surface area is 174 Å². The highest BCUT2D eigenvalue weighted by molar-refractivity contribution is 5.93. The lowest BCUT2D eigenvalue weighted by molar-refractivity contribution is 0.0555. The summed E-state index contributed by atoms with van der Waals surface area (Å²) in [6, 6.07) is 8.97. The van der Waals surface area contributed by atoms with E-state index in [1.807, 2.05) is 18.2 Å². The van der Waals surface area contributed by atoms with Crippen molar-refractivity contribution in [2.24, 2.45) is 0 Å². The number of rotatable bonds is 4. The minimum atomic E-state index is -0.294. The van der Waals surface area contributed by atoms with Crippen LogP contribution in [-0.4, -0.2) is 60.3 Å². The molecule has 1 atom stereocenters. The fourth-order valence-electron chi connectivity index (χ4n) is 3.91. The van der Waals surface area contributed by atoms with Gasteiger partial charge in [-0.15, -0.1) is 0 Å². The van der Waals surface area contributed by atoms with Crippen LogP contribution in [0.5, 0.6) is 11.5 Å². The molecule has 0 spiro atoms. The molecule has 5 rings (SSSR count). The molecule has 156 valence electrons. The molecule has 0 bridgehead atoms. The van der Waals surface area contributed by atoms with Crippen LogP contribution < -0.4 is 20.1 Å². The third-order valence-corrected chi connectivity index (χ3v) is 5.54. The van der Waals surface area contributed by atoms with Crippen molar-refractivity contribution in [3.05, 3.63) is 48.0 Å². The molecule has 0 amide bonds. The first-order valence-electron chi connectivity index (χ1n) is 10.2. The van der Waals surface area contributed by atoms with Crippen molar-refractivity contribution < 1.29 is 13.9 Å². The number of halogens is 1. The van der Waals surface area contributed by atoms with Crippen LogP contribution >= 0.6 is 0 Å². The van der Waals surface area contributed by atoms with Crippen molar-refractivity contribution in [2.45, 2.75) is 13.0 Å². The van der Waals surface area contributed by atoms with Gasteiger partial charge in [0.2, 0.25) is 0 Å². The summed E-state index contributed by atoms with van der Waals surface area (Å²) in [5, 5.41) is 7.22. The number of fused-ring (bicyclic) bond motifs is 2. The maximum absolute atomic E-state index is 14.5. The van der Waals surface area contributed by atoms with Crippen molar-refractivity contribution in [1.29, 1.82) is 0 Å². The molecule has 2 aromatic carbocycles. The SMILES string of the molecule is Cc1cccc(Nc2ncnc3cc4c(cc23)O[C@@H](CN2CCNCC2)CO4)c1F. The third-order valence-electron chi connectivity index (χ3n) is 5.54. The molecular weight excluding hydrogens is 385 g/mol. The number of aryl methyl sites for hydroxylation is 1. The van der Waals surface area contributed by atoms with Gasteiger partial charge in [0.15, 0.2) is 11.5 Å². The summed E-state index contributed by atoms with van der Waals surface area (Å²) in [5.41, 5.74) is 1.66. The van der Waals surface area contributed by atoms with E-state index in [1.54, 1.807) is 19.1 Å². The summed E-state index contributed by atoms with van der Waals surface area (Å²) in [5.74, 6) is 1.57. The van der Waals surface area contributed by atoms with Crippen molar-refractivity contribution >= 4 is 22.4 Å². The summed E-state index contributed by atoms with van der Waals surface area (Å²) in [4.78, 5) is 11.1. The number of hydrogen-bond donors (Lipinski definition) is 2. The molecule has 2 aliphatic heterocycles. The van der Waals surface area contributed by atoms with Crippen LogP contribution in [0.4, 0.5) is 15.9 Å². The maximum Gasteiger partial charge on any atom is 0.163 e. The van der Waals surface area contributed by atoms with Gasteiger partial charge in [-0.1, -0.05) is 12.1 Å². The predicted octanol–water partition coefficient (Wildman–Crippen LogP) is 2.87. The number of benzene rings is 2. The van der Waals surface area contributed by atoms with E-state index in [-0.39, 0.29) is 11.9 Å². The van der Waals surface area contributed by atoms with E-state index in [9.17, 15) is 4.39 Å². The van der Waals surface area contributed by atoms with Crippen LogP contribution in [0.15, 0.2) is 36.7 Å². The van der Waals surface area contributed by atoms with Gasteiger partial charge in [0.25, 0.3) is 0 Å². The Hall–Kier alpha value is -2.97. The van der Waals surface area contributed by atoms with Crippen LogP contribution in [0, 0.1) is 12.7 Å². The Kier molecular flexibility index (Phi) is 5.10. The third kappa shape index (κ3) is 3.76. The highest BCUT2D eigenvalue weighted by atomic mass is 19.1. The molecule has 8 heteroatoms. The fourth-order valence-corrected chi connectivity index (χ4v) is 3.91. The summed E-state index contributed by atoms with van der Waals surface area (Å²) in [7, 11) is 0. The number of hydrogen-bond acceptors (Lipinski definition) is 7. The summed E-state index contributed by atoms with van der Waals surface area (Å²) in [6.07, 6.45) is 1.42. The zero-order chi connectivity index (χ0) is 20.5. The zero-order valence-corrected chi connectivity index (χ0v) is 16.8. The van der Waals surface area contributed by atoms with Crippen molar-refractivity contribution in [3.63, 3.8) is 0 Å². The number of aromatic nitrogens is 2. The molecular formula is C22H24FN5O2. The normalized spacial score (nSPS) is 19.1. The van der Waals surface area contributed by atoms with Crippen molar-refractivity contribution in [2.75, 3.05) is 44.6 Å². The van der Waals surface area contributed by atoms with Gasteiger partial charge in [-0.05, 0) is 24.6 Å². The summed E-state index contributed by atoms with van der Waals surface area (Å²) in [6.45, 7) is 7.08. The van der Waals surface area contributed by atoms with Gasteiger partial charge in [0.1, 0.15) is 30.7 Å². The van der Waals surface area contributed by atoms with Gasteiger partial charge in [0, 0.05) is 44.2 Å². The Morgan fingerprint density at radius 3 is 2.93 bits per heavy atom. The average Bonchev–Trinajstić information content (AvgIpc) is 2.76. The second-order valence-electron chi connectivity index (χ2n) is 7.70. The highest BCUT2D eigenvalue weighted by Crippen LogP contribution is 2.38. The molecule has 30 heavy (non-hydrogen) atoms. The largest absolute Gasteiger partial charge is 0.486 e. The van der Waals surface area contributed by atoms with Crippen LogP contribution in [0.3, 0.4) is 0 Å². The minimum Gasteiger partial charge on any atom is -0.486 e. The molecule has 0 aliphatic carbocycles. The van der Waals surface area contributed by atoms with Crippen LogP contribution in [0.2, 0.25) is 0 Å². The highest BCUT2D eigenvalue weighted by Gasteiger charge is 2.25. The smallest absolute Gasteiger partial charge is 0.163 e. The molecule has 0 unspecified atom stereocenters. The number of anilines is 2. The molecule has 0 saturated carbocycles. The summed E-state index contributed by atoms with van der Waals surface area (Å²) >= 11 is 0. The van der Waals surface area contributed by atoms with E-state index < -0.39 is 0 Å². The Morgan fingerprint density at radius 1 is 1.20 bits per heavy atom. The quantitative estimate of drug-likeness (QED) is 0.687. The molecule has 1 fully saturated rings.